The number of anilines is 1. The van der Waals surface area contributed by atoms with E-state index in [0.717, 1.165) is 37.8 Å². The van der Waals surface area contributed by atoms with Crippen LogP contribution in [0.15, 0.2) is 18.2 Å². The molecule has 98 valence electrons. The Balaban J connectivity index is 1.70. The molecule has 0 spiro atoms. The second-order valence-corrected chi connectivity index (χ2v) is 5.41. The van der Waals surface area contributed by atoms with Crippen molar-refractivity contribution in [3.63, 3.8) is 0 Å². The van der Waals surface area contributed by atoms with E-state index < -0.39 is 0 Å². The van der Waals surface area contributed by atoms with E-state index in [2.05, 4.69) is 17.0 Å². The van der Waals surface area contributed by atoms with Crippen molar-refractivity contribution in [1.29, 1.82) is 0 Å². The summed E-state index contributed by atoms with van der Waals surface area (Å²) in [6.07, 6.45) is 4.68. The molecule has 18 heavy (non-hydrogen) atoms. The topological polar surface area (TPSA) is 38.5 Å². The molecule has 0 radical (unpaired) electrons. The summed E-state index contributed by atoms with van der Waals surface area (Å²) in [5.41, 5.74) is 9.71. The van der Waals surface area contributed by atoms with Gasteiger partial charge in [-0.1, -0.05) is 6.07 Å². The molecule has 0 saturated carbocycles. The zero-order valence-electron chi connectivity index (χ0n) is 10.9. The smallest absolute Gasteiger partial charge is 0.0480 e. The molecular weight excluding hydrogens is 224 g/mol. The number of nitrogen functional groups attached to an aromatic ring is 1. The van der Waals surface area contributed by atoms with Crippen molar-refractivity contribution in [2.24, 2.45) is 0 Å². The fraction of sp³-hybridized carbons (Fsp3) is 0.600. The third-order valence-electron chi connectivity index (χ3n) is 4.27. The van der Waals surface area contributed by atoms with Gasteiger partial charge in [-0.05, 0) is 48.9 Å². The minimum absolute atomic E-state index is 0.727. The Morgan fingerprint density at radius 1 is 1.06 bits per heavy atom. The lowest BCUT2D eigenvalue weighted by molar-refractivity contribution is 0.0355. The van der Waals surface area contributed by atoms with Crippen LogP contribution in [-0.2, 0) is 17.6 Å². The van der Waals surface area contributed by atoms with Gasteiger partial charge in [-0.3, -0.25) is 4.90 Å². The van der Waals surface area contributed by atoms with Crippen molar-refractivity contribution in [2.75, 3.05) is 32.0 Å². The quantitative estimate of drug-likeness (QED) is 0.769. The minimum Gasteiger partial charge on any atom is -0.399 e. The van der Waals surface area contributed by atoms with Crippen LogP contribution in [0, 0.1) is 0 Å². The van der Waals surface area contributed by atoms with Gasteiger partial charge >= 0.3 is 0 Å². The van der Waals surface area contributed by atoms with Gasteiger partial charge in [0, 0.05) is 38.0 Å². The SMILES string of the molecule is Nc1ccc2c(c1)CCN(C1CCOCC1)CC2. The van der Waals surface area contributed by atoms with Crippen LogP contribution in [0.5, 0.6) is 0 Å². The molecule has 1 aromatic carbocycles. The van der Waals surface area contributed by atoms with Crippen molar-refractivity contribution in [3.8, 4) is 0 Å². The summed E-state index contributed by atoms with van der Waals surface area (Å²) in [5.74, 6) is 0. The summed E-state index contributed by atoms with van der Waals surface area (Å²) < 4.78 is 5.46. The number of nitrogens with zero attached hydrogens (tertiary/aromatic N) is 1. The molecule has 0 aliphatic carbocycles. The molecule has 0 aromatic heterocycles. The molecule has 0 unspecified atom stereocenters. The van der Waals surface area contributed by atoms with Crippen LogP contribution >= 0.6 is 0 Å². The van der Waals surface area contributed by atoms with Crippen molar-refractivity contribution >= 4 is 5.69 Å². The first-order valence-electron chi connectivity index (χ1n) is 7.02. The van der Waals surface area contributed by atoms with Crippen molar-refractivity contribution < 1.29 is 4.74 Å². The van der Waals surface area contributed by atoms with Crippen molar-refractivity contribution in [1.82, 2.24) is 4.90 Å². The maximum atomic E-state index is 5.88. The number of rotatable bonds is 1. The average Bonchev–Trinajstić information content (AvgIpc) is 2.62. The number of fused-ring (bicyclic) bond motifs is 1. The molecule has 2 aliphatic heterocycles. The summed E-state index contributed by atoms with van der Waals surface area (Å²) in [5, 5.41) is 0. The fourth-order valence-corrected chi connectivity index (χ4v) is 3.18. The molecule has 0 atom stereocenters. The normalized spacial score (nSPS) is 22.4. The Kier molecular flexibility index (Phi) is 3.52. The number of hydrogen-bond acceptors (Lipinski definition) is 3. The van der Waals surface area contributed by atoms with Crippen molar-refractivity contribution in [2.45, 2.75) is 31.7 Å². The molecule has 0 amide bonds. The van der Waals surface area contributed by atoms with E-state index in [1.54, 1.807) is 0 Å². The standard InChI is InChI=1S/C15H22N2O/c16-14-2-1-12-3-7-17(8-4-13(12)11-14)15-5-9-18-10-6-15/h1-2,11,15H,3-10,16H2. The van der Waals surface area contributed by atoms with E-state index in [1.165, 1.54) is 37.1 Å². The van der Waals surface area contributed by atoms with Crippen LogP contribution in [0.4, 0.5) is 5.69 Å². The van der Waals surface area contributed by atoms with Crippen LogP contribution < -0.4 is 5.73 Å². The van der Waals surface area contributed by atoms with E-state index in [1.807, 2.05) is 6.07 Å². The third-order valence-corrected chi connectivity index (χ3v) is 4.27. The molecule has 2 N–H and O–H groups in total. The monoisotopic (exact) mass is 246 g/mol. The van der Waals surface area contributed by atoms with Gasteiger partial charge in [0.05, 0.1) is 0 Å². The van der Waals surface area contributed by atoms with Gasteiger partial charge in [0.1, 0.15) is 0 Å². The molecule has 1 fully saturated rings. The van der Waals surface area contributed by atoms with E-state index in [0.29, 0.717) is 0 Å². The largest absolute Gasteiger partial charge is 0.399 e. The first-order valence-corrected chi connectivity index (χ1v) is 7.02. The van der Waals surface area contributed by atoms with Crippen molar-refractivity contribution in [3.05, 3.63) is 29.3 Å². The number of nitrogens with two attached hydrogens (primary N) is 1. The number of benzene rings is 1. The highest BCUT2D eigenvalue weighted by Crippen LogP contribution is 2.22. The highest BCUT2D eigenvalue weighted by Gasteiger charge is 2.23. The van der Waals surface area contributed by atoms with Crippen LogP contribution in [0.1, 0.15) is 24.0 Å². The summed E-state index contributed by atoms with van der Waals surface area (Å²) in [6.45, 7) is 4.21. The zero-order chi connectivity index (χ0) is 12.4. The molecule has 1 aromatic rings. The molecule has 3 heteroatoms. The number of ether oxygens (including phenoxy) is 1. The van der Waals surface area contributed by atoms with Gasteiger partial charge in [-0.15, -0.1) is 0 Å². The highest BCUT2D eigenvalue weighted by molar-refractivity contribution is 5.45. The summed E-state index contributed by atoms with van der Waals surface area (Å²) in [7, 11) is 0. The molecule has 0 bridgehead atoms. The van der Waals surface area contributed by atoms with Gasteiger partial charge in [-0.25, -0.2) is 0 Å². The second-order valence-electron chi connectivity index (χ2n) is 5.41. The van der Waals surface area contributed by atoms with E-state index in [4.69, 9.17) is 10.5 Å². The minimum atomic E-state index is 0.727. The zero-order valence-corrected chi connectivity index (χ0v) is 10.9. The molecule has 2 aliphatic rings. The Morgan fingerprint density at radius 3 is 2.56 bits per heavy atom. The van der Waals surface area contributed by atoms with Gasteiger partial charge in [-0.2, -0.15) is 0 Å². The first kappa shape index (κ1) is 12.0. The van der Waals surface area contributed by atoms with Crippen LogP contribution in [-0.4, -0.2) is 37.2 Å². The fourth-order valence-electron chi connectivity index (χ4n) is 3.18. The predicted molar refractivity (Wildman–Crippen MR) is 73.7 cm³/mol. The first-order chi connectivity index (χ1) is 8.83. The average molecular weight is 246 g/mol. The molecule has 2 heterocycles. The highest BCUT2D eigenvalue weighted by atomic mass is 16.5. The lowest BCUT2D eigenvalue weighted by atomic mass is 10.0. The van der Waals surface area contributed by atoms with E-state index in [9.17, 15) is 0 Å². The molecule has 3 nitrogen and oxygen atoms in total. The molecular formula is C15H22N2O. The Morgan fingerprint density at radius 2 is 1.78 bits per heavy atom. The maximum absolute atomic E-state index is 5.88. The van der Waals surface area contributed by atoms with Crippen LogP contribution in [0.25, 0.3) is 0 Å². The van der Waals surface area contributed by atoms with E-state index in [-0.39, 0.29) is 0 Å². The van der Waals surface area contributed by atoms with Crippen LogP contribution in [0.3, 0.4) is 0 Å². The number of hydrogen-bond donors (Lipinski definition) is 1. The van der Waals surface area contributed by atoms with Gasteiger partial charge in [0.15, 0.2) is 0 Å². The molecule has 1 saturated heterocycles. The summed E-state index contributed by atoms with van der Waals surface area (Å²) >= 11 is 0. The summed E-state index contributed by atoms with van der Waals surface area (Å²) in [6, 6.07) is 7.12. The predicted octanol–water partition coefficient (Wildman–Crippen LogP) is 1.85. The van der Waals surface area contributed by atoms with Gasteiger partial charge in [0.2, 0.25) is 0 Å². The Hall–Kier alpha value is -1.06. The molecule has 3 rings (SSSR count). The third kappa shape index (κ3) is 2.52. The maximum Gasteiger partial charge on any atom is 0.0480 e. The Bertz CT molecular complexity index is 413. The lowest BCUT2D eigenvalue weighted by Gasteiger charge is -2.33. The lowest BCUT2D eigenvalue weighted by Crippen LogP contribution is -2.40. The second kappa shape index (κ2) is 5.29. The Labute approximate surface area is 109 Å². The summed E-state index contributed by atoms with van der Waals surface area (Å²) in [4.78, 5) is 2.65. The van der Waals surface area contributed by atoms with Gasteiger partial charge in [0.25, 0.3) is 0 Å². The van der Waals surface area contributed by atoms with Gasteiger partial charge < -0.3 is 10.5 Å². The van der Waals surface area contributed by atoms with E-state index >= 15 is 0 Å². The van der Waals surface area contributed by atoms with Crippen LogP contribution in [0.2, 0.25) is 0 Å².